The number of aromatic nitrogens is 1. The molecule has 0 aromatic carbocycles. The first-order valence-electron chi connectivity index (χ1n) is 8.11. The number of carbonyl (C=O) groups is 1. The van der Waals surface area contributed by atoms with Gasteiger partial charge in [-0.3, -0.25) is 14.7 Å². The lowest BCUT2D eigenvalue weighted by Crippen LogP contribution is -2.48. The van der Waals surface area contributed by atoms with Crippen LogP contribution in [0.5, 0.6) is 0 Å². The number of nitrogens with zero attached hydrogens (tertiary/aromatic N) is 2. The number of carbonyl (C=O) groups excluding carboxylic acids is 1. The fraction of sp³-hybridized carbons (Fsp3) is 0.625. The van der Waals surface area contributed by atoms with Crippen LogP contribution in [0.15, 0.2) is 18.3 Å². The Kier molecular flexibility index (Phi) is 4.68. The van der Waals surface area contributed by atoms with Crippen LogP contribution in [0.3, 0.4) is 0 Å². The fourth-order valence-electron chi connectivity index (χ4n) is 3.34. The van der Waals surface area contributed by atoms with Gasteiger partial charge in [-0.2, -0.15) is 0 Å². The van der Waals surface area contributed by atoms with Crippen molar-refractivity contribution in [3.05, 3.63) is 29.6 Å². The maximum atomic E-state index is 12.2. The zero-order valence-electron chi connectivity index (χ0n) is 13.4. The van der Waals surface area contributed by atoms with E-state index in [9.17, 15) is 13.2 Å². The molecule has 0 saturated carbocycles. The van der Waals surface area contributed by atoms with Crippen LogP contribution in [0.2, 0.25) is 0 Å². The molecule has 23 heavy (non-hydrogen) atoms. The number of hydrogen-bond acceptors (Lipinski definition) is 5. The second-order valence-electron chi connectivity index (χ2n) is 6.53. The molecule has 2 aliphatic heterocycles. The Balaban J connectivity index is 1.49. The maximum Gasteiger partial charge on any atom is 0.253 e. The lowest BCUT2D eigenvalue weighted by atomic mass is 10.0. The van der Waals surface area contributed by atoms with E-state index in [1.165, 1.54) is 0 Å². The summed E-state index contributed by atoms with van der Waals surface area (Å²) in [5, 5.41) is 3.06. The van der Waals surface area contributed by atoms with Crippen molar-refractivity contribution in [3.8, 4) is 0 Å². The molecule has 0 radical (unpaired) electrons. The Morgan fingerprint density at radius 1 is 1.26 bits per heavy atom. The molecule has 1 amide bonds. The van der Waals surface area contributed by atoms with Gasteiger partial charge in [0.05, 0.1) is 17.1 Å². The van der Waals surface area contributed by atoms with E-state index in [1.807, 2.05) is 13.0 Å². The second-order valence-corrected chi connectivity index (χ2v) is 8.76. The number of rotatable bonds is 3. The molecule has 2 saturated heterocycles. The van der Waals surface area contributed by atoms with Gasteiger partial charge in [-0.25, -0.2) is 8.42 Å². The van der Waals surface area contributed by atoms with Crippen molar-refractivity contribution in [3.63, 3.8) is 0 Å². The Hall–Kier alpha value is -1.47. The minimum atomic E-state index is -2.84. The van der Waals surface area contributed by atoms with Crippen LogP contribution in [0.4, 0.5) is 0 Å². The van der Waals surface area contributed by atoms with Crippen LogP contribution in [0.1, 0.15) is 35.3 Å². The molecule has 0 bridgehead atoms. The summed E-state index contributed by atoms with van der Waals surface area (Å²) in [5.74, 6) is 0.521. The lowest BCUT2D eigenvalue weighted by Gasteiger charge is -2.35. The highest BCUT2D eigenvalue weighted by Crippen LogP contribution is 2.22. The average Bonchev–Trinajstić information content (AvgIpc) is 2.89. The van der Waals surface area contributed by atoms with Crippen molar-refractivity contribution in [2.24, 2.45) is 0 Å². The molecule has 2 fully saturated rings. The standard InChI is InChI=1S/C16H23N3O3S/c1-12-2-3-13(10-17-12)16(20)18-14-4-7-19(8-5-14)15-6-9-23(21,22)11-15/h2-3,10,14-15H,4-9,11H2,1H3,(H,18,20). The number of hydrogen-bond donors (Lipinski definition) is 1. The molecule has 126 valence electrons. The molecule has 7 heteroatoms. The van der Waals surface area contributed by atoms with Crippen molar-refractivity contribution in [2.75, 3.05) is 24.6 Å². The molecule has 0 aliphatic carbocycles. The molecule has 1 atom stereocenters. The molecular formula is C16H23N3O3S. The van der Waals surface area contributed by atoms with Crippen LogP contribution in [-0.2, 0) is 9.84 Å². The molecule has 3 heterocycles. The molecular weight excluding hydrogens is 314 g/mol. The predicted molar refractivity (Wildman–Crippen MR) is 88.1 cm³/mol. The summed E-state index contributed by atoms with van der Waals surface area (Å²) in [6, 6.07) is 3.94. The normalized spacial score (nSPS) is 25.3. The van der Waals surface area contributed by atoms with E-state index in [0.717, 1.165) is 38.0 Å². The summed E-state index contributed by atoms with van der Waals surface area (Å²) < 4.78 is 23.2. The van der Waals surface area contributed by atoms with Gasteiger partial charge < -0.3 is 5.32 Å². The maximum absolute atomic E-state index is 12.2. The van der Waals surface area contributed by atoms with Crippen LogP contribution >= 0.6 is 0 Å². The minimum absolute atomic E-state index is 0.0839. The van der Waals surface area contributed by atoms with E-state index >= 15 is 0 Å². The van der Waals surface area contributed by atoms with Gasteiger partial charge in [0.15, 0.2) is 9.84 Å². The first-order chi connectivity index (χ1) is 10.9. The number of pyridine rings is 1. The van der Waals surface area contributed by atoms with Gasteiger partial charge in [0.1, 0.15) is 0 Å². The minimum Gasteiger partial charge on any atom is -0.349 e. The Labute approximate surface area is 137 Å². The summed E-state index contributed by atoms with van der Waals surface area (Å²) in [7, 11) is -2.84. The number of aryl methyl sites for hydroxylation is 1. The fourth-order valence-corrected chi connectivity index (χ4v) is 5.10. The monoisotopic (exact) mass is 337 g/mol. The number of nitrogens with one attached hydrogen (secondary N) is 1. The zero-order valence-corrected chi connectivity index (χ0v) is 14.2. The van der Waals surface area contributed by atoms with Crippen LogP contribution < -0.4 is 5.32 Å². The molecule has 0 spiro atoms. The quantitative estimate of drug-likeness (QED) is 0.881. The van der Waals surface area contributed by atoms with Crippen molar-refractivity contribution in [1.82, 2.24) is 15.2 Å². The number of amides is 1. The molecule has 3 rings (SSSR count). The Morgan fingerprint density at radius 2 is 2.00 bits per heavy atom. The van der Waals surface area contributed by atoms with E-state index in [4.69, 9.17) is 0 Å². The van der Waals surface area contributed by atoms with E-state index in [1.54, 1.807) is 12.3 Å². The third-order valence-corrected chi connectivity index (χ3v) is 6.51. The van der Waals surface area contributed by atoms with E-state index in [2.05, 4.69) is 15.2 Å². The molecule has 1 aromatic heterocycles. The summed E-state index contributed by atoms with van der Waals surface area (Å²) in [5.41, 5.74) is 1.47. The largest absolute Gasteiger partial charge is 0.349 e. The topological polar surface area (TPSA) is 79.4 Å². The number of sulfone groups is 1. The molecule has 1 unspecified atom stereocenters. The highest BCUT2D eigenvalue weighted by molar-refractivity contribution is 7.91. The van der Waals surface area contributed by atoms with E-state index in [-0.39, 0.29) is 18.0 Å². The van der Waals surface area contributed by atoms with Gasteiger partial charge in [-0.05, 0) is 38.3 Å². The van der Waals surface area contributed by atoms with Crippen molar-refractivity contribution >= 4 is 15.7 Å². The second kappa shape index (κ2) is 6.57. The van der Waals surface area contributed by atoms with Crippen LogP contribution in [-0.4, -0.2) is 60.9 Å². The predicted octanol–water partition coefficient (Wildman–Crippen LogP) is 0.771. The van der Waals surface area contributed by atoms with Crippen molar-refractivity contribution in [1.29, 1.82) is 0 Å². The third-order valence-electron chi connectivity index (χ3n) is 4.76. The Morgan fingerprint density at radius 3 is 2.57 bits per heavy atom. The molecule has 1 aromatic rings. The van der Waals surface area contributed by atoms with E-state index in [0.29, 0.717) is 17.1 Å². The van der Waals surface area contributed by atoms with Gasteiger partial charge >= 0.3 is 0 Å². The smallest absolute Gasteiger partial charge is 0.253 e. The van der Waals surface area contributed by atoms with Crippen molar-refractivity contribution in [2.45, 2.75) is 38.3 Å². The molecule has 6 nitrogen and oxygen atoms in total. The first kappa shape index (κ1) is 16.4. The highest BCUT2D eigenvalue weighted by Gasteiger charge is 2.34. The highest BCUT2D eigenvalue weighted by atomic mass is 32.2. The summed E-state index contributed by atoms with van der Waals surface area (Å²) in [4.78, 5) is 18.6. The van der Waals surface area contributed by atoms with Gasteiger partial charge in [0, 0.05) is 37.1 Å². The summed E-state index contributed by atoms with van der Waals surface area (Å²) >= 11 is 0. The zero-order chi connectivity index (χ0) is 16.4. The van der Waals surface area contributed by atoms with Crippen molar-refractivity contribution < 1.29 is 13.2 Å². The van der Waals surface area contributed by atoms with Gasteiger partial charge in [-0.1, -0.05) is 0 Å². The van der Waals surface area contributed by atoms with Gasteiger partial charge in [0.2, 0.25) is 0 Å². The summed E-state index contributed by atoms with van der Waals surface area (Å²) in [6.07, 6.45) is 4.07. The SMILES string of the molecule is Cc1ccc(C(=O)NC2CCN(C3CCS(=O)(=O)C3)CC2)cn1. The number of likely N-dealkylation sites (tertiary alicyclic amines) is 1. The first-order valence-corrected chi connectivity index (χ1v) is 9.93. The molecule has 2 aliphatic rings. The van der Waals surface area contributed by atoms with Crippen LogP contribution in [0.25, 0.3) is 0 Å². The number of piperidine rings is 1. The summed E-state index contributed by atoms with van der Waals surface area (Å²) in [6.45, 7) is 3.58. The third kappa shape index (κ3) is 4.09. The van der Waals surface area contributed by atoms with E-state index < -0.39 is 9.84 Å². The lowest BCUT2D eigenvalue weighted by molar-refractivity contribution is 0.0897. The van der Waals surface area contributed by atoms with Gasteiger partial charge in [-0.15, -0.1) is 0 Å². The van der Waals surface area contributed by atoms with Gasteiger partial charge in [0.25, 0.3) is 5.91 Å². The molecule has 1 N–H and O–H groups in total. The van der Waals surface area contributed by atoms with Crippen LogP contribution in [0, 0.1) is 6.92 Å². The average molecular weight is 337 g/mol. The Bertz CT molecular complexity index is 664.